The van der Waals surface area contributed by atoms with E-state index in [1.54, 1.807) is 20.8 Å². The first-order valence-electron chi connectivity index (χ1n) is 16.8. The van der Waals surface area contributed by atoms with Crippen molar-refractivity contribution >= 4 is 23.7 Å². The lowest BCUT2D eigenvalue weighted by Crippen LogP contribution is -2.79. The zero-order valence-electron chi connectivity index (χ0n) is 28.7. The van der Waals surface area contributed by atoms with Crippen molar-refractivity contribution in [2.24, 2.45) is 34.5 Å². The Morgan fingerprint density at radius 2 is 1.72 bits per heavy atom. The molecule has 50 heavy (non-hydrogen) atoms. The molecule has 0 unspecified atom stereocenters. The standard InChI is InChI=1S/C34H46O16/c1-12(2)13(3)7-19(37)49-25-27-33-11-46-34(27,31(44)45-6)28(42)23(41)26(33)32(5)9-16(36)24(14(4)15(32)8-18(33)48-29(25)43)50-30-22(40)21(39)20(38)17(10-35)47-30/h7,12,15,17-18,20-23,25-28,30,35,38-42H,8-11H2,1-6H3/b13-7+/t15-,17+,18+,20+,21-,22+,23+,25+,26+,27+,28-,30+,32-,33+,34-/m0/s1. The van der Waals surface area contributed by atoms with Crippen molar-refractivity contribution < 1.29 is 78.2 Å². The number of ketones is 1. The number of aliphatic hydroxyl groups excluding tert-OH is 6. The van der Waals surface area contributed by atoms with Gasteiger partial charge >= 0.3 is 17.9 Å². The lowest BCUT2D eigenvalue weighted by Gasteiger charge is -2.67. The summed E-state index contributed by atoms with van der Waals surface area (Å²) >= 11 is 0. The highest BCUT2D eigenvalue weighted by Gasteiger charge is 2.85. The van der Waals surface area contributed by atoms with Gasteiger partial charge in [-0.2, -0.15) is 0 Å². The highest BCUT2D eigenvalue weighted by Crippen LogP contribution is 2.73. The molecule has 16 nitrogen and oxygen atoms in total. The average Bonchev–Trinajstić information content (AvgIpc) is 3.37. The zero-order chi connectivity index (χ0) is 36.8. The van der Waals surface area contributed by atoms with Crippen LogP contribution in [-0.4, -0.2) is 135 Å². The third-order valence-corrected chi connectivity index (χ3v) is 12.4. The molecular weight excluding hydrogens is 664 g/mol. The molecule has 3 heterocycles. The summed E-state index contributed by atoms with van der Waals surface area (Å²) in [7, 11) is 1.06. The molecular formula is C34H46O16. The van der Waals surface area contributed by atoms with Crippen molar-refractivity contribution in [3.05, 3.63) is 23.0 Å². The van der Waals surface area contributed by atoms with Crippen LogP contribution in [0.1, 0.15) is 47.5 Å². The van der Waals surface area contributed by atoms with Crippen LogP contribution in [0.4, 0.5) is 0 Å². The van der Waals surface area contributed by atoms with Crippen LogP contribution in [-0.2, 0) is 47.6 Å². The predicted octanol–water partition coefficient (Wildman–Crippen LogP) is -1.59. The van der Waals surface area contributed by atoms with Gasteiger partial charge in [-0.3, -0.25) is 4.79 Å². The lowest BCUT2D eigenvalue weighted by molar-refractivity contribution is -0.296. The molecule has 3 aliphatic carbocycles. The molecule has 3 saturated heterocycles. The molecule has 6 N–H and O–H groups in total. The van der Waals surface area contributed by atoms with Crippen molar-refractivity contribution in [3.63, 3.8) is 0 Å². The van der Waals surface area contributed by atoms with E-state index in [1.807, 2.05) is 13.8 Å². The molecule has 0 radical (unpaired) electrons. The summed E-state index contributed by atoms with van der Waals surface area (Å²) in [4.78, 5) is 54.6. The van der Waals surface area contributed by atoms with Crippen LogP contribution in [0.2, 0.25) is 0 Å². The van der Waals surface area contributed by atoms with Crippen molar-refractivity contribution in [2.45, 2.75) is 108 Å². The molecule has 2 bridgehead atoms. The second kappa shape index (κ2) is 12.6. The summed E-state index contributed by atoms with van der Waals surface area (Å²) in [6, 6.07) is 0. The van der Waals surface area contributed by atoms with Crippen LogP contribution >= 0.6 is 0 Å². The van der Waals surface area contributed by atoms with Crippen molar-refractivity contribution in [1.29, 1.82) is 0 Å². The molecule has 5 fully saturated rings. The fourth-order valence-corrected chi connectivity index (χ4v) is 9.80. The minimum absolute atomic E-state index is 0.0225. The Labute approximate surface area is 287 Å². The highest BCUT2D eigenvalue weighted by molar-refractivity contribution is 5.96. The summed E-state index contributed by atoms with van der Waals surface area (Å²) in [5.41, 5.74) is -3.97. The van der Waals surface area contributed by atoms with E-state index in [0.29, 0.717) is 11.1 Å². The molecule has 0 aromatic carbocycles. The largest absolute Gasteiger partial charge is 0.467 e. The Bertz CT molecular complexity index is 1500. The van der Waals surface area contributed by atoms with E-state index in [4.69, 9.17) is 28.4 Å². The molecule has 0 aromatic heterocycles. The number of methoxy groups -OCH3 is 1. The van der Waals surface area contributed by atoms with Gasteiger partial charge in [0.05, 0.1) is 32.3 Å². The molecule has 278 valence electrons. The molecule has 0 aromatic rings. The Kier molecular flexibility index (Phi) is 9.29. The molecule has 16 heteroatoms. The van der Waals surface area contributed by atoms with Crippen molar-refractivity contribution in [1.82, 2.24) is 0 Å². The van der Waals surface area contributed by atoms with Gasteiger partial charge in [0.25, 0.3) is 0 Å². The third-order valence-electron chi connectivity index (χ3n) is 12.4. The van der Waals surface area contributed by atoms with Crippen LogP contribution in [0.5, 0.6) is 0 Å². The van der Waals surface area contributed by atoms with E-state index in [0.717, 1.165) is 7.11 Å². The number of carbonyl (C=O) groups excluding carboxylic acids is 4. The molecule has 1 spiro atoms. The third kappa shape index (κ3) is 4.94. The maximum absolute atomic E-state index is 14.0. The number of rotatable bonds is 7. The van der Waals surface area contributed by atoms with Gasteiger partial charge in [0.2, 0.25) is 18.0 Å². The molecule has 3 aliphatic heterocycles. The molecule has 2 saturated carbocycles. The number of hydrogen-bond donors (Lipinski definition) is 6. The van der Waals surface area contributed by atoms with Gasteiger partial charge in [-0.25, -0.2) is 14.4 Å². The topological polar surface area (TPSA) is 245 Å². The number of allylic oxidation sites excluding steroid dienone is 3. The fourth-order valence-electron chi connectivity index (χ4n) is 9.80. The van der Waals surface area contributed by atoms with E-state index in [2.05, 4.69) is 0 Å². The summed E-state index contributed by atoms with van der Waals surface area (Å²) in [5, 5.41) is 64.6. The van der Waals surface area contributed by atoms with Crippen molar-refractivity contribution in [3.8, 4) is 0 Å². The SMILES string of the molecule is COC(=O)[C@@]12OC[C@]34[C@H]([C@@H](O)[C@@H]1O)[C@@]1(C)CC(=O)C(O[C@H]5O[C@H](CO)[C@@H](O)[C@H](O)[C@H]5O)=C(C)[C@@H]1C[C@H]3OC(=O)[C@H](OC(=O)/C=C(\C)C(C)C)[C@@H]24. The summed E-state index contributed by atoms with van der Waals surface area (Å²) in [6.07, 6.45) is -13.7. The second-order valence-corrected chi connectivity index (χ2v) is 15.1. The normalized spacial score (nSPS) is 46.9. The van der Waals surface area contributed by atoms with Gasteiger partial charge in [-0.1, -0.05) is 26.3 Å². The first-order chi connectivity index (χ1) is 23.4. The Hall–Kier alpha value is -2.96. The Balaban J connectivity index is 1.44. The molecule has 0 amide bonds. The minimum atomic E-state index is -2.33. The maximum atomic E-state index is 14.0. The second-order valence-electron chi connectivity index (χ2n) is 15.1. The summed E-state index contributed by atoms with van der Waals surface area (Å²) in [6.45, 7) is 7.74. The van der Waals surface area contributed by atoms with E-state index in [1.165, 1.54) is 6.08 Å². The number of Topliss-reactive ketones (excluding diaryl/α,β-unsaturated/α-hetero) is 1. The average molecular weight is 711 g/mol. The van der Waals surface area contributed by atoms with Crippen LogP contribution in [0.3, 0.4) is 0 Å². The molecule has 6 rings (SSSR count). The monoisotopic (exact) mass is 710 g/mol. The molecule has 15 atom stereocenters. The van der Waals surface area contributed by atoms with Gasteiger partial charge in [-0.15, -0.1) is 0 Å². The van der Waals surface area contributed by atoms with Crippen LogP contribution in [0.15, 0.2) is 23.0 Å². The summed E-state index contributed by atoms with van der Waals surface area (Å²) < 4.78 is 34.3. The van der Waals surface area contributed by atoms with Crippen LogP contribution in [0, 0.1) is 34.5 Å². The number of fused-ring (bicyclic) bond motifs is 2. The van der Waals surface area contributed by atoms with Gasteiger partial charge < -0.3 is 59.1 Å². The lowest BCUT2D eigenvalue weighted by atomic mass is 9.38. The number of hydrogen-bond acceptors (Lipinski definition) is 16. The quantitative estimate of drug-likeness (QED) is 0.0991. The molecule has 6 aliphatic rings. The predicted molar refractivity (Wildman–Crippen MR) is 164 cm³/mol. The highest BCUT2D eigenvalue weighted by atomic mass is 16.7. The number of carbonyl (C=O) groups is 4. The van der Waals surface area contributed by atoms with E-state index >= 15 is 0 Å². The van der Waals surface area contributed by atoms with Crippen molar-refractivity contribution in [2.75, 3.05) is 20.3 Å². The fraction of sp³-hybridized carbons (Fsp3) is 0.765. The van der Waals surface area contributed by atoms with E-state index in [9.17, 15) is 49.8 Å². The van der Waals surface area contributed by atoms with Gasteiger partial charge in [0.15, 0.2) is 11.5 Å². The minimum Gasteiger partial charge on any atom is -0.467 e. The van der Waals surface area contributed by atoms with Gasteiger partial charge in [-0.05, 0) is 43.1 Å². The maximum Gasteiger partial charge on any atom is 0.348 e. The van der Waals surface area contributed by atoms with Crippen LogP contribution < -0.4 is 0 Å². The number of esters is 3. The summed E-state index contributed by atoms with van der Waals surface area (Å²) in [5.74, 6) is -6.90. The number of aliphatic hydroxyl groups is 6. The first kappa shape index (κ1) is 36.8. The Morgan fingerprint density at radius 3 is 2.34 bits per heavy atom. The van der Waals surface area contributed by atoms with E-state index in [-0.39, 0.29) is 31.1 Å². The smallest absolute Gasteiger partial charge is 0.348 e. The van der Waals surface area contributed by atoms with Gasteiger partial charge in [0, 0.05) is 23.8 Å². The van der Waals surface area contributed by atoms with E-state index < -0.39 is 120 Å². The van der Waals surface area contributed by atoms with Gasteiger partial charge in [0.1, 0.15) is 36.6 Å². The number of ether oxygens (including phenoxy) is 6. The van der Waals surface area contributed by atoms with Crippen LogP contribution in [0.25, 0.3) is 0 Å². The first-order valence-corrected chi connectivity index (χ1v) is 16.8. The Morgan fingerprint density at radius 1 is 1.04 bits per heavy atom. The zero-order valence-corrected chi connectivity index (χ0v) is 28.7.